The predicted octanol–water partition coefficient (Wildman–Crippen LogP) is 2.32. The van der Waals surface area contributed by atoms with Crippen molar-refractivity contribution in [1.29, 1.82) is 0 Å². The number of benzene rings is 1. The topological polar surface area (TPSA) is 42.1 Å². The summed E-state index contributed by atoms with van der Waals surface area (Å²) in [5.41, 5.74) is 7.84. The molecule has 0 bridgehead atoms. The van der Waals surface area contributed by atoms with Crippen LogP contribution >= 0.6 is 0 Å². The average molecular weight is 245 g/mol. The first-order chi connectivity index (χ1) is 8.70. The van der Waals surface area contributed by atoms with Crippen LogP contribution in [0.15, 0.2) is 42.5 Å². The normalized spacial score (nSPS) is 10.4. The van der Waals surface area contributed by atoms with Gasteiger partial charge < -0.3 is 10.6 Å². The van der Waals surface area contributed by atoms with Gasteiger partial charge in [-0.3, -0.25) is 4.98 Å². The second-order valence-electron chi connectivity index (χ2n) is 4.13. The number of rotatable bonds is 4. The van der Waals surface area contributed by atoms with Crippen LogP contribution in [0.4, 0.5) is 10.1 Å². The molecule has 2 rings (SSSR count). The Bertz CT molecular complexity index is 528. The van der Waals surface area contributed by atoms with Gasteiger partial charge in [0.25, 0.3) is 0 Å². The maximum Gasteiger partial charge on any atom is 0.146 e. The van der Waals surface area contributed by atoms with E-state index in [9.17, 15) is 4.39 Å². The highest BCUT2D eigenvalue weighted by Crippen LogP contribution is 2.18. The fourth-order valence-electron chi connectivity index (χ4n) is 1.82. The number of halogens is 1. The molecule has 1 aromatic heterocycles. The summed E-state index contributed by atoms with van der Waals surface area (Å²) in [7, 11) is 1.84. The van der Waals surface area contributed by atoms with Gasteiger partial charge in [0.15, 0.2) is 0 Å². The molecule has 0 spiro atoms. The maximum atomic E-state index is 13.6. The number of aromatic nitrogens is 1. The third kappa shape index (κ3) is 2.84. The van der Waals surface area contributed by atoms with E-state index < -0.39 is 0 Å². The number of nitrogens with two attached hydrogens (primary N) is 1. The quantitative estimate of drug-likeness (QED) is 0.898. The van der Waals surface area contributed by atoms with Crippen molar-refractivity contribution in [2.45, 2.75) is 13.1 Å². The van der Waals surface area contributed by atoms with Crippen LogP contribution in [0.2, 0.25) is 0 Å². The van der Waals surface area contributed by atoms with Gasteiger partial charge in [-0.25, -0.2) is 4.39 Å². The second-order valence-corrected chi connectivity index (χ2v) is 4.13. The molecule has 4 heteroatoms. The van der Waals surface area contributed by atoms with Gasteiger partial charge in [0.2, 0.25) is 0 Å². The van der Waals surface area contributed by atoms with E-state index in [1.165, 1.54) is 6.07 Å². The second kappa shape index (κ2) is 5.60. The molecule has 0 aliphatic heterocycles. The Balaban J connectivity index is 2.16. The average Bonchev–Trinajstić information content (AvgIpc) is 2.39. The van der Waals surface area contributed by atoms with Crippen LogP contribution in [0.3, 0.4) is 0 Å². The van der Waals surface area contributed by atoms with Gasteiger partial charge in [-0.2, -0.15) is 0 Å². The van der Waals surface area contributed by atoms with Gasteiger partial charge in [0.05, 0.1) is 23.6 Å². The highest BCUT2D eigenvalue weighted by molar-refractivity contribution is 5.46. The number of para-hydroxylation sites is 1. The summed E-state index contributed by atoms with van der Waals surface area (Å²) in [6.07, 6.45) is 0. The molecule has 3 nitrogen and oxygen atoms in total. The smallest absolute Gasteiger partial charge is 0.146 e. The molecule has 0 aliphatic carbocycles. The molecule has 0 fully saturated rings. The summed E-state index contributed by atoms with van der Waals surface area (Å²) in [5.74, 6) is -0.227. The van der Waals surface area contributed by atoms with Crippen LogP contribution in [0, 0.1) is 5.82 Å². The number of nitrogens with zero attached hydrogens (tertiary/aromatic N) is 2. The Morgan fingerprint density at radius 2 is 1.83 bits per heavy atom. The molecule has 1 aromatic carbocycles. The van der Waals surface area contributed by atoms with E-state index in [0.29, 0.717) is 18.8 Å². The lowest BCUT2D eigenvalue weighted by molar-refractivity contribution is 0.621. The minimum atomic E-state index is -0.227. The number of hydrogen-bond acceptors (Lipinski definition) is 3. The molecule has 94 valence electrons. The predicted molar refractivity (Wildman–Crippen MR) is 70.6 cm³/mol. The van der Waals surface area contributed by atoms with Crippen molar-refractivity contribution in [2.24, 2.45) is 5.73 Å². The number of anilines is 1. The number of pyridine rings is 1. The molecule has 0 amide bonds. The first-order valence-electron chi connectivity index (χ1n) is 5.81. The van der Waals surface area contributed by atoms with Gasteiger partial charge in [0.1, 0.15) is 5.82 Å². The van der Waals surface area contributed by atoms with Crippen LogP contribution in [-0.4, -0.2) is 12.0 Å². The first kappa shape index (κ1) is 12.5. The molecule has 0 saturated carbocycles. The Kier molecular flexibility index (Phi) is 3.89. The summed E-state index contributed by atoms with van der Waals surface area (Å²) in [6.45, 7) is 0.964. The van der Waals surface area contributed by atoms with Crippen molar-refractivity contribution >= 4 is 5.69 Å². The van der Waals surface area contributed by atoms with Gasteiger partial charge >= 0.3 is 0 Å². The fraction of sp³-hybridized carbons (Fsp3) is 0.214. The molecular formula is C14H16FN3. The maximum absolute atomic E-state index is 13.6. The summed E-state index contributed by atoms with van der Waals surface area (Å²) in [5, 5.41) is 0. The van der Waals surface area contributed by atoms with Crippen molar-refractivity contribution in [3.63, 3.8) is 0 Å². The Labute approximate surface area is 106 Å². The third-order valence-electron chi connectivity index (χ3n) is 2.74. The molecule has 18 heavy (non-hydrogen) atoms. The zero-order chi connectivity index (χ0) is 13.0. The molecule has 2 aromatic rings. The van der Waals surface area contributed by atoms with E-state index in [0.717, 1.165) is 11.4 Å². The minimum Gasteiger partial charge on any atom is -0.366 e. The van der Waals surface area contributed by atoms with Gasteiger partial charge in [0, 0.05) is 13.6 Å². The third-order valence-corrected chi connectivity index (χ3v) is 2.74. The van der Waals surface area contributed by atoms with Crippen LogP contribution in [0.5, 0.6) is 0 Å². The Hall–Kier alpha value is -1.94. The monoisotopic (exact) mass is 245 g/mol. The highest BCUT2D eigenvalue weighted by atomic mass is 19.1. The SMILES string of the molecule is CN(Cc1cccc(CN)n1)c1ccccc1F. The number of hydrogen-bond donors (Lipinski definition) is 1. The van der Waals surface area contributed by atoms with Crippen LogP contribution in [-0.2, 0) is 13.1 Å². The molecule has 0 unspecified atom stereocenters. The van der Waals surface area contributed by atoms with Gasteiger partial charge in [-0.05, 0) is 24.3 Å². The van der Waals surface area contributed by atoms with E-state index in [-0.39, 0.29) is 5.82 Å². The summed E-state index contributed by atoms with van der Waals surface area (Å²) >= 11 is 0. The van der Waals surface area contributed by atoms with E-state index in [2.05, 4.69) is 4.98 Å². The standard InChI is InChI=1S/C14H16FN3/c1-18(14-8-3-2-7-13(14)15)10-12-6-4-5-11(9-16)17-12/h2-8H,9-10,16H2,1H3. The van der Waals surface area contributed by atoms with Crippen LogP contribution < -0.4 is 10.6 Å². The fourth-order valence-corrected chi connectivity index (χ4v) is 1.82. The molecule has 0 aliphatic rings. The van der Waals surface area contributed by atoms with Crippen LogP contribution in [0.25, 0.3) is 0 Å². The lowest BCUT2D eigenvalue weighted by Gasteiger charge is -2.19. The minimum absolute atomic E-state index is 0.227. The van der Waals surface area contributed by atoms with Crippen LogP contribution in [0.1, 0.15) is 11.4 Å². The zero-order valence-corrected chi connectivity index (χ0v) is 10.3. The highest BCUT2D eigenvalue weighted by Gasteiger charge is 2.07. The van der Waals surface area contributed by atoms with E-state index in [4.69, 9.17) is 5.73 Å². The lowest BCUT2D eigenvalue weighted by Crippen LogP contribution is -2.19. The molecule has 2 N–H and O–H groups in total. The van der Waals surface area contributed by atoms with Crippen molar-refractivity contribution in [3.8, 4) is 0 Å². The lowest BCUT2D eigenvalue weighted by atomic mass is 10.2. The van der Waals surface area contributed by atoms with Crippen molar-refractivity contribution in [2.75, 3.05) is 11.9 Å². The Morgan fingerprint density at radius 1 is 1.11 bits per heavy atom. The molecule has 0 radical (unpaired) electrons. The van der Waals surface area contributed by atoms with E-state index in [1.54, 1.807) is 12.1 Å². The first-order valence-corrected chi connectivity index (χ1v) is 5.81. The van der Waals surface area contributed by atoms with Crippen molar-refractivity contribution in [3.05, 3.63) is 59.7 Å². The summed E-state index contributed by atoms with van der Waals surface area (Å²) in [4.78, 5) is 6.23. The molecule has 0 atom stereocenters. The van der Waals surface area contributed by atoms with Crippen molar-refractivity contribution < 1.29 is 4.39 Å². The zero-order valence-electron chi connectivity index (χ0n) is 10.3. The van der Waals surface area contributed by atoms with E-state index >= 15 is 0 Å². The molecule has 1 heterocycles. The molecule has 0 saturated heterocycles. The van der Waals surface area contributed by atoms with E-state index in [1.807, 2.05) is 36.2 Å². The Morgan fingerprint density at radius 3 is 2.56 bits per heavy atom. The van der Waals surface area contributed by atoms with Crippen molar-refractivity contribution in [1.82, 2.24) is 4.98 Å². The summed E-state index contributed by atoms with van der Waals surface area (Å²) < 4.78 is 13.6. The van der Waals surface area contributed by atoms with Gasteiger partial charge in [-0.15, -0.1) is 0 Å². The summed E-state index contributed by atoms with van der Waals surface area (Å²) in [6, 6.07) is 12.4. The molecular weight excluding hydrogens is 229 g/mol. The largest absolute Gasteiger partial charge is 0.366 e. The van der Waals surface area contributed by atoms with Gasteiger partial charge in [-0.1, -0.05) is 18.2 Å².